The molecule has 0 bridgehead atoms. The van der Waals surface area contributed by atoms with E-state index in [0.717, 1.165) is 26.7 Å². The van der Waals surface area contributed by atoms with Gasteiger partial charge in [-0.3, -0.25) is 4.79 Å². The van der Waals surface area contributed by atoms with E-state index in [1.54, 1.807) is 12.1 Å². The van der Waals surface area contributed by atoms with Gasteiger partial charge in [-0.2, -0.15) is 0 Å². The van der Waals surface area contributed by atoms with Gasteiger partial charge in [-0.1, -0.05) is 18.2 Å². The van der Waals surface area contributed by atoms with E-state index in [9.17, 15) is 9.18 Å². The molecule has 1 amide bonds. The van der Waals surface area contributed by atoms with E-state index in [0.29, 0.717) is 13.1 Å². The molecule has 1 aliphatic heterocycles. The Balaban J connectivity index is 1.83. The zero-order valence-corrected chi connectivity index (χ0v) is 12.9. The second kappa shape index (κ2) is 5.52. The fraction of sp³-hybridized carbons (Fsp3) is 0.188. The predicted molar refractivity (Wildman–Crippen MR) is 84.0 cm³/mol. The molecular formula is C16H13FINO. The maximum absolute atomic E-state index is 12.9. The minimum Gasteiger partial charge on any atom is -0.334 e. The minimum atomic E-state index is -0.251. The van der Waals surface area contributed by atoms with Crippen LogP contribution in [0, 0.1) is 9.39 Å². The lowest BCUT2D eigenvalue weighted by molar-refractivity contribution is 0.0727. The van der Waals surface area contributed by atoms with Gasteiger partial charge in [0.15, 0.2) is 0 Å². The highest BCUT2D eigenvalue weighted by atomic mass is 127. The third-order valence-electron chi connectivity index (χ3n) is 3.53. The van der Waals surface area contributed by atoms with Crippen LogP contribution < -0.4 is 0 Å². The Bertz CT molecular complexity index is 654. The highest BCUT2D eigenvalue weighted by molar-refractivity contribution is 14.1. The van der Waals surface area contributed by atoms with Crippen LogP contribution in [0.2, 0.25) is 0 Å². The molecule has 0 spiro atoms. The molecule has 102 valence electrons. The first-order valence-electron chi connectivity index (χ1n) is 6.45. The Kier molecular flexibility index (Phi) is 3.74. The molecule has 2 aromatic carbocycles. The Hall–Kier alpha value is -1.43. The van der Waals surface area contributed by atoms with E-state index in [4.69, 9.17) is 0 Å². The number of rotatable bonds is 2. The third kappa shape index (κ3) is 2.70. The summed E-state index contributed by atoms with van der Waals surface area (Å²) in [5.74, 6) is -0.187. The van der Waals surface area contributed by atoms with Crippen molar-refractivity contribution in [2.75, 3.05) is 6.54 Å². The van der Waals surface area contributed by atoms with Crippen LogP contribution in [0.1, 0.15) is 21.5 Å². The van der Waals surface area contributed by atoms with Crippen LogP contribution in [0.3, 0.4) is 0 Å². The van der Waals surface area contributed by atoms with Gasteiger partial charge in [0.25, 0.3) is 5.91 Å². The maximum Gasteiger partial charge on any atom is 0.254 e. The van der Waals surface area contributed by atoms with Crippen LogP contribution in [0.4, 0.5) is 4.39 Å². The third-order valence-corrected chi connectivity index (χ3v) is 4.20. The second-order valence-electron chi connectivity index (χ2n) is 4.90. The second-order valence-corrected chi connectivity index (χ2v) is 6.15. The van der Waals surface area contributed by atoms with Gasteiger partial charge in [0, 0.05) is 22.2 Å². The number of benzene rings is 2. The number of carbonyl (C=O) groups is 1. The first kappa shape index (κ1) is 13.5. The molecule has 1 aliphatic rings. The van der Waals surface area contributed by atoms with Crippen molar-refractivity contribution < 1.29 is 9.18 Å². The van der Waals surface area contributed by atoms with Crippen LogP contribution in [-0.4, -0.2) is 17.4 Å². The minimum absolute atomic E-state index is 0.0640. The molecule has 0 N–H and O–H groups in total. The number of hydrogen-bond acceptors (Lipinski definition) is 1. The molecule has 2 aromatic rings. The number of carbonyl (C=O) groups excluding carboxylic acids is 1. The van der Waals surface area contributed by atoms with Gasteiger partial charge in [-0.15, -0.1) is 0 Å². The molecule has 20 heavy (non-hydrogen) atoms. The van der Waals surface area contributed by atoms with Crippen molar-refractivity contribution in [1.82, 2.24) is 4.90 Å². The van der Waals surface area contributed by atoms with Gasteiger partial charge in [0.2, 0.25) is 0 Å². The summed E-state index contributed by atoms with van der Waals surface area (Å²) >= 11 is 2.22. The summed E-state index contributed by atoms with van der Waals surface area (Å²) in [6.07, 6.45) is 0.874. The van der Waals surface area contributed by atoms with Crippen molar-refractivity contribution in [2.45, 2.75) is 13.0 Å². The Labute approximate surface area is 130 Å². The number of hydrogen-bond donors (Lipinski definition) is 0. The number of halogens is 2. The van der Waals surface area contributed by atoms with E-state index < -0.39 is 0 Å². The first-order valence-corrected chi connectivity index (χ1v) is 7.53. The molecule has 0 atom stereocenters. The molecule has 0 saturated carbocycles. The molecule has 0 aromatic heterocycles. The zero-order valence-electron chi connectivity index (χ0n) is 10.8. The molecular weight excluding hydrogens is 368 g/mol. The molecule has 0 unspecified atom stereocenters. The summed E-state index contributed by atoms with van der Waals surface area (Å²) in [5.41, 5.74) is 2.87. The van der Waals surface area contributed by atoms with Gasteiger partial charge >= 0.3 is 0 Å². The van der Waals surface area contributed by atoms with Gasteiger partial charge in [0.1, 0.15) is 5.82 Å². The van der Waals surface area contributed by atoms with E-state index >= 15 is 0 Å². The normalized spacial score (nSPS) is 14.3. The average molecular weight is 381 g/mol. The van der Waals surface area contributed by atoms with Gasteiger partial charge in [-0.05, 0) is 64.4 Å². The molecule has 1 heterocycles. The van der Waals surface area contributed by atoms with Crippen LogP contribution in [0.25, 0.3) is 0 Å². The van der Waals surface area contributed by atoms with E-state index in [1.165, 1.54) is 12.1 Å². The lowest BCUT2D eigenvalue weighted by atomic mass is 9.99. The summed E-state index contributed by atoms with van der Waals surface area (Å²) in [6, 6.07) is 12.3. The summed E-state index contributed by atoms with van der Waals surface area (Å²) in [5, 5.41) is 0. The van der Waals surface area contributed by atoms with E-state index in [1.807, 2.05) is 23.1 Å². The van der Waals surface area contributed by atoms with Crippen LogP contribution in [0.15, 0.2) is 42.5 Å². The number of amides is 1. The van der Waals surface area contributed by atoms with Crippen molar-refractivity contribution in [3.05, 3.63) is 68.5 Å². The summed E-state index contributed by atoms with van der Waals surface area (Å²) in [4.78, 5) is 14.3. The summed E-state index contributed by atoms with van der Waals surface area (Å²) in [6.45, 7) is 1.24. The monoisotopic (exact) mass is 381 g/mol. The lowest BCUT2D eigenvalue weighted by Crippen LogP contribution is -2.37. The topological polar surface area (TPSA) is 20.3 Å². The van der Waals surface area contributed by atoms with Gasteiger partial charge in [0.05, 0.1) is 0 Å². The lowest BCUT2D eigenvalue weighted by Gasteiger charge is -2.28. The molecule has 4 heteroatoms. The molecule has 0 fully saturated rings. The van der Waals surface area contributed by atoms with Crippen molar-refractivity contribution in [1.29, 1.82) is 0 Å². The Morgan fingerprint density at radius 3 is 2.65 bits per heavy atom. The van der Waals surface area contributed by atoms with Crippen molar-refractivity contribution in [3.8, 4) is 0 Å². The maximum atomic E-state index is 12.9. The van der Waals surface area contributed by atoms with Crippen LogP contribution >= 0.6 is 22.6 Å². The molecule has 0 aliphatic carbocycles. The Morgan fingerprint density at radius 2 is 1.90 bits per heavy atom. The Morgan fingerprint density at radius 1 is 1.15 bits per heavy atom. The first-order chi connectivity index (χ1) is 9.63. The van der Waals surface area contributed by atoms with Crippen molar-refractivity contribution >= 4 is 28.5 Å². The fourth-order valence-corrected chi connectivity index (χ4v) is 2.95. The fourth-order valence-electron chi connectivity index (χ4n) is 2.45. The van der Waals surface area contributed by atoms with Crippen LogP contribution in [0.5, 0.6) is 0 Å². The zero-order chi connectivity index (χ0) is 14.1. The van der Waals surface area contributed by atoms with E-state index in [-0.39, 0.29) is 11.7 Å². The largest absolute Gasteiger partial charge is 0.334 e. The van der Waals surface area contributed by atoms with Gasteiger partial charge < -0.3 is 4.90 Å². The predicted octanol–water partition coefficient (Wildman–Crippen LogP) is 3.63. The SMILES string of the molecule is O=C1c2cc(I)ccc2CCN1Cc1ccc(F)cc1. The smallest absolute Gasteiger partial charge is 0.254 e. The highest BCUT2D eigenvalue weighted by Gasteiger charge is 2.24. The highest BCUT2D eigenvalue weighted by Crippen LogP contribution is 2.22. The van der Waals surface area contributed by atoms with Crippen molar-refractivity contribution in [3.63, 3.8) is 0 Å². The molecule has 2 nitrogen and oxygen atoms in total. The molecule has 0 radical (unpaired) electrons. The molecule has 0 saturated heterocycles. The summed E-state index contributed by atoms with van der Waals surface area (Å²) < 4.78 is 14.0. The van der Waals surface area contributed by atoms with Crippen LogP contribution in [-0.2, 0) is 13.0 Å². The van der Waals surface area contributed by atoms with Gasteiger partial charge in [-0.25, -0.2) is 4.39 Å². The summed E-state index contributed by atoms with van der Waals surface area (Å²) in [7, 11) is 0. The van der Waals surface area contributed by atoms with Crippen molar-refractivity contribution in [2.24, 2.45) is 0 Å². The number of fused-ring (bicyclic) bond motifs is 1. The molecule has 3 rings (SSSR count). The quantitative estimate of drug-likeness (QED) is 0.728. The standard InChI is InChI=1S/C16H13FINO/c17-13-4-1-11(2-5-13)10-19-8-7-12-3-6-14(18)9-15(12)16(19)20/h1-6,9H,7-8,10H2. The number of nitrogens with zero attached hydrogens (tertiary/aromatic N) is 1. The van der Waals surface area contributed by atoms with E-state index in [2.05, 4.69) is 22.6 Å². The average Bonchev–Trinajstić information content (AvgIpc) is 2.45.